The third-order valence-corrected chi connectivity index (χ3v) is 1.92. The molecule has 0 amide bonds. The predicted molar refractivity (Wildman–Crippen MR) is 57.9 cm³/mol. The number of aliphatic hydroxyl groups is 1. The molecule has 0 saturated heterocycles. The first kappa shape index (κ1) is 12.9. The van der Waals surface area contributed by atoms with Crippen LogP contribution >= 0.6 is 0 Å². The summed E-state index contributed by atoms with van der Waals surface area (Å²) in [5.41, 5.74) is 0.394. The molecule has 13 heavy (non-hydrogen) atoms. The molecule has 0 aliphatic rings. The van der Waals surface area contributed by atoms with Gasteiger partial charge in [-0.3, -0.25) is 0 Å². The number of aliphatic hydroxyl groups excluding tert-OH is 1. The lowest BCUT2D eigenvalue weighted by atomic mass is 9.97. The molecule has 0 aromatic heterocycles. The normalized spacial score (nSPS) is 12.0. The van der Waals surface area contributed by atoms with Crippen molar-refractivity contribution in [3.05, 3.63) is 0 Å². The fraction of sp³-hybridized carbons (Fsp3) is 1.00. The molecule has 0 aromatic carbocycles. The zero-order valence-corrected chi connectivity index (χ0v) is 9.40. The van der Waals surface area contributed by atoms with E-state index in [0.717, 1.165) is 25.9 Å². The Hall–Kier alpha value is -0.0800. The maximum absolute atomic E-state index is 8.56. The zero-order chi connectivity index (χ0) is 10.2. The van der Waals surface area contributed by atoms with Gasteiger partial charge in [-0.15, -0.1) is 0 Å². The van der Waals surface area contributed by atoms with E-state index in [2.05, 4.69) is 26.1 Å². The van der Waals surface area contributed by atoms with Gasteiger partial charge in [0.15, 0.2) is 0 Å². The largest absolute Gasteiger partial charge is 0.396 e. The fourth-order valence-electron chi connectivity index (χ4n) is 1.18. The van der Waals surface area contributed by atoms with Crippen molar-refractivity contribution in [1.29, 1.82) is 0 Å². The minimum Gasteiger partial charge on any atom is -0.396 e. The number of hydrogen-bond acceptors (Lipinski definition) is 2. The SMILES string of the molecule is CC(C)(C)CNCCCCCCO. The Bertz CT molecular complexity index is 107. The smallest absolute Gasteiger partial charge is 0.0431 e. The second-order valence-corrected chi connectivity index (χ2v) is 4.88. The van der Waals surface area contributed by atoms with E-state index in [-0.39, 0.29) is 0 Å². The van der Waals surface area contributed by atoms with Crippen LogP contribution in [0.3, 0.4) is 0 Å². The molecule has 0 atom stereocenters. The van der Waals surface area contributed by atoms with Crippen molar-refractivity contribution in [2.24, 2.45) is 5.41 Å². The Morgan fingerprint density at radius 3 is 2.15 bits per heavy atom. The van der Waals surface area contributed by atoms with Gasteiger partial charge < -0.3 is 10.4 Å². The summed E-state index contributed by atoms with van der Waals surface area (Å²) in [4.78, 5) is 0. The fourth-order valence-corrected chi connectivity index (χ4v) is 1.18. The molecule has 0 heterocycles. The molecule has 2 heteroatoms. The first-order valence-corrected chi connectivity index (χ1v) is 5.38. The van der Waals surface area contributed by atoms with Crippen LogP contribution in [0.15, 0.2) is 0 Å². The first-order valence-electron chi connectivity index (χ1n) is 5.38. The van der Waals surface area contributed by atoms with E-state index in [9.17, 15) is 0 Å². The molecule has 0 aliphatic carbocycles. The lowest BCUT2D eigenvalue weighted by Gasteiger charge is -2.18. The Balaban J connectivity index is 3.00. The van der Waals surface area contributed by atoms with E-state index in [0.29, 0.717) is 12.0 Å². The van der Waals surface area contributed by atoms with Crippen molar-refractivity contribution in [3.63, 3.8) is 0 Å². The minimum absolute atomic E-state index is 0.343. The van der Waals surface area contributed by atoms with Crippen LogP contribution < -0.4 is 5.32 Å². The van der Waals surface area contributed by atoms with Crippen LogP contribution in [0.1, 0.15) is 46.5 Å². The van der Waals surface area contributed by atoms with Gasteiger partial charge in [0.25, 0.3) is 0 Å². The van der Waals surface area contributed by atoms with Gasteiger partial charge in [0, 0.05) is 6.61 Å². The van der Waals surface area contributed by atoms with E-state index < -0.39 is 0 Å². The van der Waals surface area contributed by atoms with Gasteiger partial charge in [-0.05, 0) is 31.3 Å². The summed E-state index contributed by atoms with van der Waals surface area (Å²) in [6.45, 7) is 9.27. The maximum Gasteiger partial charge on any atom is 0.0431 e. The molecule has 0 aromatic rings. The Morgan fingerprint density at radius 2 is 1.62 bits per heavy atom. The molecule has 0 rings (SSSR count). The molecule has 0 aliphatic heterocycles. The highest BCUT2D eigenvalue weighted by Gasteiger charge is 2.07. The summed E-state index contributed by atoms with van der Waals surface area (Å²) in [6.07, 6.45) is 4.58. The number of rotatable bonds is 7. The van der Waals surface area contributed by atoms with Crippen LogP contribution in [0.4, 0.5) is 0 Å². The van der Waals surface area contributed by atoms with Crippen LogP contribution in [0.5, 0.6) is 0 Å². The van der Waals surface area contributed by atoms with Gasteiger partial charge in [-0.1, -0.05) is 33.6 Å². The van der Waals surface area contributed by atoms with Crippen LogP contribution in [-0.2, 0) is 0 Å². The standard InChI is InChI=1S/C11H25NO/c1-11(2,3)10-12-8-6-4-5-7-9-13/h12-13H,4-10H2,1-3H3. The van der Waals surface area contributed by atoms with Gasteiger partial charge in [0.1, 0.15) is 0 Å². The van der Waals surface area contributed by atoms with Crippen molar-refractivity contribution < 1.29 is 5.11 Å². The summed E-state index contributed by atoms with van der Waals surface area (Å²) in [7, 11) is 0. The number of nitrogens with one attached hydrogen (secondary N) is 1. The molecule has 0 spiro atoms. The van der Waals surface area contributed by atoms with Gasteiger partial charge >= 0.3 is 0 Å². The third-order valence-electron chi connectivity index (χ3n) is 1.92. The lowest BCUT2D eigenvalue weighted by Crippen LogP contribution is -2.27. The highest BCUT2D eigenvalue weighted by molar-refractivity contribution is 4.64. The van der Waals surface area contributed by atoms with Crippen LogP contribution in [-0.4, -0.2) is 24.8 Å². The zero-order valence-electron chi connectivity index (χ0n) is 9.40. The first-order chi connectivity index (χ1) is 6.06. The third kappa shape index (κ3) is 11.9. The van der Waals surface area contributed by atoms with E-state index in [1.165, 1.54) is 12.8 Å². The quantitative estimate of drug-likeness (QED) is 0.599. The van der Waals surface area contributed by atoms with E-state index in [1.807, 2.05) is 0 Å². The van der Waals surface area contributed by atoms with Crippen molar-refractivity contribution in [2.45, 2.75) is 46.5 Å². The highest BCUT2D eigenvalue weighted by Crippen LogP contribution is 2.10. The molecule has 0 bridgehead atoms. The average molecular weight is 187 g/mol. The Kier molecular flexibility index (Phi) is 7.29. The molecule has 80 valence electrons. The van der Waals surface area contributed by atoms with Crippen LogP contribution in [0.25, 0.3) is 0 Å². The van der Waals surface area contributed by atoms with Crippen molar-refractivity contribution >= 4 is 0 Å². The number of unbranched alkanes of at least 4 members (excludes halogenated alkanes) is 3. The summed E-state index contributed by atoms with van der Waals surface area (Å²) >= 11 is 0. The molecule has 0 unspecified atom stereocenters. The molecule has 0 radical (unpaired) electrons. The van der Waals surface area contributed by atoms with Crippen molar-refractivity contribution in [1.82, 2.24) is 5.32 Å². The summed E-state index contributed by atoms with van der Waals surface area (Å²) in [6, 6.07) is 0. The monoisotopic (exact) mass is 187 g/mol. The summed E-state index contributed by atoms with van der Waals surface area (Å²) in [5, 5.41) is 12.0. The van der Waals surface area contributed by atoms with E-state index >= 15 is 0 Å². The van der Waals surface area contributed by atoms with Gasteiger partial charge in [0.2, 0.25) is 0 Å². The molecular formula is C11H25NO. The van der Waals surface area contributed by atoms with Crippen LogP contribution in [0, 0.1) is 5.41 Å². The van der Waals surface area contributed by atoms with Crippen molar-refractivity contribution in [2.75, 3.05) is 19.7 Å². The second kappa shape index (κ2) is 7.34. The summed E-state index contributed by atoms with van der Waals surface area (Å²) in [5.74, 6) is 0. The van der Waals surface area contributed by atoms with Crippen molar-refractivity contribution in [3.8, 4) is 0 Å². The predicted octanol–water partition coefficient (Wildman–Crippen LogP) is 2.17. The minimum atomic E-state index is 0.343. The van der Waals surface area contributed by atoms with Crippen LogP contribution in [0.2, 0.25) is 0 Å². The maximum atomic E-state index is 8.56. The molecule has 2 nitrogen and oxygen atoms in total. The van der Waals surface area contributed by atoms with Gasteiger partial charge in [-0.2, -0.15) is 0 Å². The average Bonchev–Trinajstić information content (AvgIpc) is 2.01. The Labute approximate surface area is 82.7 Å². The highest BCUT2D eigenvalue weighted by atomic mass is 16.2. The second-order valence-electron chi connectivity index (χ2n) is 4.88. The van der Waals surface area contributed by atoms with Gasteiger partial charge in [0.05, 0.1) is 0 Å². The lowest BCUT2D eigenvalue weighted by molar-refractivity contribution is 0.282. The van der Waals surface area contributed by atoms with E-state index in [1.54, 1.807) is 0 Å². The Morgan fingerprint density at radius 1 is 1.00 bits per heavy atom. The topological polar surface area (TPSA) is 32.3 Å². The van der Waals surface area contributed by atoms with Gasteiger partial charge in [-0.25, -0.2) is 0 Å². The molecule has 0 fully saturated rings. The van der Waals surface area contributed by atoms with E-state index in [4.69, 9.17) is 5.11 Å². The number of hydrogen-bond donors (Lipinski definition) is 2. The molecule has 0 saturated carbocycles. The molecule has 2 N–H and O–H groups in total. The summed E-state index contributed by atoms with van der Waals surface area (Å²) < 4.78 is 0. The molecular weight excluding hydrogens is 162 g/mol.